The Morgan fingerprint density at radius 1 is 0.296 bits per heavy atom. The molecule has 8 aromatic carbocycles. The minimum absolute atomic E-state index is 0.650. The Hall–Kier alpha value is -7.30. The summed E-state index contributed by atoms with van der Waals surface area (Å²) >= 11 is 0. The van der Waals surface area contributed by atoms with E-state index in [9.17, 15) is 0 Å². The Labute approximate surface area is 311 Å². The van der Waals surface area contributed by atoms with Gasteiger partial charge in [0, 0.05) is 38.4 Å². The molecular formula is C50H32N4. The average molecular weight is 689 g/mol. The molecule has 4 heteroatoms. The quantitative estimate of drug-likeness (QED) is 0.180. The Morgan fingerprint density at radius 2 is 0.778 bits per heavy atom. The van der Waals surface area contributed by atoms with E-state index in [1.54, 1.807) is 0 Å². The molecule has 0 atom stereocenters. The van der Waals surface area contributed by atoms with Crippen molar-refractivity contribution in [2.75, 3.05) is 0 Å². The highest BCUT2D eigenvalue weighted by Gasteiger charge is 2.19. The van der Waals surface area contributed by atoms with Crippen molar-refractivity contribution in [1.29, 1.82) is 0 Å². The van der Waals surface area contributed by atoms with Gasteiger partial charge in [-0.3, -0.25) is 4.57 Å². The molecule has 3 heterocycles. The van der Waals surface area contributed by atoms with Crippen molar-refractivity contribution >= 4 is 54.4 Å². The molecule has 0 saturated heterocycles. The smallest absolute Gasteiger partial charge is 0.235 e. The molecule has 0 unspecified atom stereocenters. The number of nitrogens with zero attached hydrogens (tertiary/aromatic N) is 4. The van der Waals surface area contributed by atoms with Crippen LogP contribution in [0.25, 0.3) is 99.7 Å². The Balaban J connectivity index is 1.09. The fourth-order valence-corrected chi connectivity index (χ4v) is 8.16. The lowest BCUT2D eigenvalue weighted by Gasteiger charge is -2.12. The molecule has 0 aliphatic rings. The van der Waals surface area contributed by atoms with Gasteiger partial charge in [-0.25, -0.2) is 9.97 Å². The molecule has 0 fully saturated rings. The lowest BCUT2D eigenvalue weighted by molar-refractivity contribution is 0.995. The first-order valence-electron chi connectivity index (χ1n) is 18.3. The Morgan fingerprint density at radius 3 is 1.39 bits per heavy atom. The van der Waals surface area contributed by atoms with E-state index in [0.29, 0.717) is 5.95 Å². The van der Waals surface area contributed by atoms with Gasteiger partial charge in [-0.2, -0.15) is 0 Å². The third-order valence-corrected chi connectivity index (χ3v) is 10.7. The third-order valence-electron chi connectivity index (χ3n) is 10.7. The molecule has 3 aromatic heterocycles. The van der Waals surface area contributed by atoms with Crippen LogP contribution in [-0.4, -0.2) is 19.1 Å². The Kier molecular flexibility index (Phi) is 6.82. The summed E-state index contributed by atoms with van der Waals surface area (Å²) in [7, 11) is 0. The molecule has 0 saturated carbocycles. The summed E-state index contributed by atoms with van der Waals surface area (Å²) in [6, 6.07) is 69.1. The van der Waals surface area contributed by atoms with E-state index >= 15 is 0 Å². The van der Waals surface area contributed by atoms with Gasteiger partial charge in [-0.05, 0) is 76.5 Å². The second-order valence-electron chi connectivity index (χ2n) is 13.9. The van der Waals surface area contributed by atoms with Crippen LogP contribution in [0, 0.1) is 0 Å². The second kappa shape index (κ2) is 12.1. The first kappa shape index (κ1) is 30.3. The maximum Gasteiger partial charge on any atom is 0.235 e. The van der Waals surface area contributed by atoms with Gasteiger partial charge in [-0.1, -0.05) is 140 Å². The predicted octanol–water partition coefficient (Wildman–Crippen LogP) is 12.8. The molecule has 11 rings (SSSR count). The average Bonchev–Trinajstić information content (AvgIpc) is 3.76. The zero-order valence-electron chi connectivity index (χ0n) is 29.3. The third kappa shape index (κ3) is 4.85. The molecule has 0 spiro atoms. The number of benzene rings is 8. The molecule has 0 radical (unpaired) electrons. The van der Waals surface area contributed by atoms with Crippen molar-refractivity contribution in [2.24, 2.45) is 0 Å². The second-order valence-corrected chi connectivity index (χ2v) is 13.9. The van der Waals surface area contributed by atoms with Crippen molar-refractivity contribution in [3.8, 4) is 45.3 Å². The summed E-state index contributed by atoms with van der Waals surface area (Å²) < 4.78 is 4.61. The van der Waals surface area contributed by atoms with Gasteiger partial charge in [0.2, 0.25) is 5.95 Å². The fourth-order valence-electron chi connectivity index (χ4n) is 8.16. The molecule has 0 aliphatic heterocycles. The highest BCUT2D eigenvalue weighted by molar-refractivity contribution is 6.12. The summed E-state index contributed by atoms with van der Waals surface area (Å²) in [6.45, 7) is 0. The lowest BCUT2D eigenvalue weighted by atomic mass is 10.0. The molecule has 11 aromatic rings. The van der Waals surface area contributed by atoms with Gasteiger partial charge >= 0.3 is 0 Å². The molecule has 4 nitrogen and oxygen atoms in total. The molecular weight excluding hydrogens is 657 g/mol. The van der Waals surface area contributed by atoms with Gasteiger partial charge in [0.25, 0.3) is 0 Å². The summed E-state index contributed by atoms with van der Waals surface area (Å²) in [5, 5.41) is 7.28. The number of hydrogen-bond donors (Lipinski definition) is 0. The van der Waals surface area contributed by atoms with Gasteiger partial charge in [0.15, 0.2) is 0 Å². The molecule has 54 heavy (non-hydrogen) atoms. The summed E-state index contributed by atoms with van der Waals surface area (Å²) in [5.41, 5.74) is 11.9. The number of aromatic nitrogens is 4. The summed E-state index contributed by atoms with van der Waals surface area (Å²) in [6.07, 6.45) is 0. The van der Waals surface area contributed by atoms with Crippen molar-refractivity contribution in [3.05, 3.63) is 194 Å². The monoisotopic (exact) mass is 688 g/mol. The largest absolute Gasteiger partial charge is 0.309 e. The van der Waals surface area contributed by atoms with E-state index in [-0.39, 0.29) is 0 Å². The minimum Gasteiger partial charge on any atom is -0.309 e. The van der Waals surface area contributed by atoms with E-state index < -0.39 is 0 Å². The SMILES string of the molecule is c1ccc(-c2cc(-c3ccccc3)nc(-n3c4ccccc4c4cc(-c5ccc6c(c5)c5ccccc5n6-c5ccc6ccccc6c5)ccc43)n2)cc1. The Bertz CT molecular complexity index is 3150. The van der Waals surface area contributed by atoms with Gasteiger partial charge in [0.1, 0.15) is 0 Å². The van der Waals surface area contributed by atoms with E-state index in [4.69, 9.17) is 9.97 Å². The number of para-hydroxylation sites is 2. The fraction of sp³-hybridized carbons (Fsp3) is 0. The van der Waals surface area contributed by atoms with Crippen LogP contribution >= 0.6 is 0 Å². The van der Waals surface area contributed by atoms with Crippen molar-refractivity contribution < 1.29 is 0 Å². The van der Waals surface area contributed by atoms with Crippen molar-refractivity contribution in [2.45, 2.75) is 0 Å². The summed E-state index contributed by atoms with van der Waals surface area (Å²) in [5.74, 6) is 0.650. The number of hydrogen-bond acceptors (Lipinski definition) is 2. The minimum atomic E-state index is 0.650. The maximum absolute atomic E-state index is 5.21. The normalized spacial score (nSPS) is 11.7. The van der Waals surface area contributed by atoms with Crippen LogP contribution < -0.4 is 0 Å². The van der Waals surface area contributed by atoms with Crippen LogP contribution in [0.5, 0.6) is 0 Å². The topological polar surface area (TPSA) is 35.6 Å². The molecule has 0 aliphatic carbocycles. The van der Waals surface area contributed by atoms with Crippen LogP contribution in [0.4, 0.5) is 0 Å². The summed E-state index contributed by atoms with van der Waals surface area (Å²) in [4.78, 5) is 10.4. The van der Waals surface area contributed by atoms with Gasteiger partial charge in [0.05, 0.1) is 33.5 Å². The standard InChI is InChI=1S/C50H32N4/c1-3-14-34(15-4-1)44-32-45(35-16-5-2-6-17-35)52-50(51-44)54-47-22-12-10-20-41(47)43-31-38(25-28-49(43)54)37-24-27-48-42(30-37)40-19-9-11-21-46(40)53(48)39-26-23-33-13-7-8-18-36(33)29-39/h1-32H. The van der Waals surface area contributed by atoms with Crippen molar-refractivity contribution in [1.82, 2.24) is 19.1 Å². The van der Waals surface area contributed by atoms with Gasteiger partial charge < -0.3 is 4.57 Å². The highest BCUT2D eigenvalue weighted by atomic mass is 15.2. The van der Waals surface area contributed by atoms with E-state index in [1.165, 1.54) is 49.1 Å². The number of fused-ring (bicyclic) bond motifs is 7. The first-order valence-corrected chi connectivity index (χ1v) is 18.3. The van der Waals surface area contributed by atoms with Crippen LogP contribution in [0.15, 0.2) is 194 Å². The first-order chi connectivity index (χ1) is 26.8. The number of rotatable bonds is 5. The van der Waals surface area contributed by atoms with E-state index in [2.05, 4.69) is 191 Å². The maximum atomic E-state index is 5.21. The molecule has 0 amide bonds. The van der Waals surface area contributed by atoms with Crippen LogP contribution in [0.3, 0.4) is 0 Å². The highest BCUT2D eigenvalue weighted by Crippen LogP contribution is 2.39. The predicted molar refractivity (Wildman–Crippen MR) is 225 cm³/mol. The zero-order chi connectivity index (χ0) is 35.6. The van der Waals surface area contributed by atoms with Crippen molar-refractivity contribution in [3.63, 3.8) is 0 Å². The van der Waals surface area contributed by atoms with E-state index in [0.717, 1.165) is 44.6 Å². The van der Waals surface area contributed by atoms with Crippen LogP contribution in [-0.2, 0) is 0 Å². The molecule has 0 bridgehead atoms. The van der Waals surface area contributed by atoms with Crippen LogP contribution in [0.1, 0.15) is 0 Å². The van der Waals surface area contributed by atoms with E-state index in [1.807, 2.05) is 12.1 Å². The van der Waals surface area contributed by atoms with Crippen LogP contribution in [0.2, 0.25) is 0 Å². The molecule has 0 N–H and O–H groups in total. The molecule has 252 valence electrons. The van der Waals surface area contributed by atoms with Gasteiger partial charge in [-0.15, -0.1) is 0 Å². The zero-order valence-corrected chi connectivity index (χ0v) is 29.3. The lowest BCUT2D eigenvalue weighted by Crippen LogP contribution is -2.03.